The van der Waals surface area contributed by atoms with Gasteiger partial charge in [0.25, 0.3) is 0 Å². The molecule has 0 aromatic heterocycles. The Morgan fingerprint density at radius 2 is 2.12 bits per heavy atom. The van der Waals surface area contributed by atoms with Gasteiger partial charge in [-0.15, -0.1) is 0 Å². The van der Waals surface area contributed by atoms with Crippen LogP contribution in [0.5, 0.6) is 0 Å². The Kier molecular flexibility index (Phi) is 4.93. The van der Waals surface area contributed by atoms with Crippen molar-refractivity contribution in [2.45, 2.75) is 25.7 Å². The van der Waals surface area contributed by atoms with Gasteiger partial charge in [-0.2, -0.15) is 0 Å². The van der Waals surface area contributed by atoms with Crippen LogP contribution >= 0.6 is 0 Å². The summed E-state index contributed by atoms with van der Waals surface area (Å²) >= 11 is 0. The van der Waals surface area contributed by atoms with Crippen molar-refractivity contribution in [1.82, 2.24) is 0 Å². The van der Waals surface area contributed by atoms with Crippen molar-refractivity contribution in [3.05, 3.63) is 45.3 Å². The van der Waals surface area contributed by atoms with Crippen molar-refractivity contribution in [2.75, 3.05) is 6.54 Å². The largest absolute Gasteiger partial charge is 0.392 e. The SMILES string of the molecule is Cc1c(CO)cccc1C(O)C(O)CN=[N+]=[N-]. The van der Waals surface area contributed by atoms with Gasteiger partial charge in [0, 0.05) is 4.91 Å². The zero-order valence-electron chi connectivity index (χ0n) is 9.48. The molecule has 2 unspecified atom stereocenters. The second-order valence-electron chi connectivity index (χ2n) is 3.72. The molecule has 0 aliphatic heterocycles. The molecule has 0 saturated heterocycles. The summed E-state index contributed by atoms with van der Waals surface area (Å²) < 4.78 is 0. The zero-order chi connectivity index (χ0) is 12.8. The minimum Gasteiger partial charge on any atom is -0.392 e. The Bertz CT molecular complexity index is 430. The monoisotopic (exact) mass is 237 g/mol. The summed E-state index contributed by atoms with van der Waals surface area (Å²) in [6.07, 6.45) is -2.29. The quantitative estimate of drug-likeness (QED) is 0.406. The molecule has 3 N–H and O–H groups in total. The van der Waals surface area contributed by atoms with E-state index in [0.29, 0.717) is 11.1 Å². The maximum atomic E-state index is 9.90. The van der Waals surface area contributed by atoms with Gasteiger partial charge in [0.2, 0.25) is 0 Å². The van der Waals surface area contributed by atoms with Crippen LogP contribution in [0.4, 0.5) is 0 Å². The van der Waals surface area contributed by atoms with Crippen LogP contribution in [0.15, 0.2) is 23.3 Å². The molecule has 0 fully saturated rings. The van der Waals surface area contributed by atoms with Gasteiger partial charge in [0.05, 0.1) is 19.3 Å². The fourth-order valence-electron chi connectivity index (χ4n) is 1.62. The smallest absolute Gasteiger partial charge is 0.105 e. The van der Waals surface area contributed by atoms with Gasteiger partial charge in [0.15, 0.2) is 0 Å². The molecular weight excluding hydrogens is 222 g/mol. The number of aliphatic hydroxyl groups excluding tert-OH is 3. The molecule has 6 nitrogen and oxygen atoms in total. The van der Waals surface area contributed by atoms with Crippen molar-refractivity contribution in [1.29, 1.82) is 0 Å². The number of azide groups is 1. The van der Waals surface area contributed by atoms with Gasteiger partial charge in [-0.05, 0) is 29.1 Å². The van der Waals surface area contributed by atoms with Crippen LogP contribution in [0.2, 0.25) is 0 Å². The molecule has 0 spiro atoms. The number of nitrogens with zero attached hydrogens (tertiary/aromatic N) is 3. The van der Waals surface area contributed by atoms with Crippen molar-refractivity contribution < 1.29 is 15.3 Å². The van der Waals surface area contributed by atoms with Crippen LogP contribution in [0.1, 0.15) is 22.8 Å². The molecule has 6 heteroatoms. The van der Waals surface area contributed by atoms with Crippen molar-refractivity contribution >= 4 is 0 Å². The van der Waals surface area contributed by atoms with E-state index in [2.05, 4.69) is 10.0 Å². The first-order valence-corrected chi connectivity index (χ1v) is 5.18. The van der Waals surface area contributed by atoms with Crippen LogP contribution in [0.3, 0.4) is 0 Å². The first-order valence-electron chi connectivity index (χ1n) is 5.18. The fourth-order valence-corrected chi connectivity index (χ4v) is 1.62. The molecule has 0 amide bonds. The minimum atomic E-state index is -1.15. The van der Waals surface area contributed by atoms with E-state index in [4.69, 9.17) is 10.6 Å². The van der Waals surface area contributed by atoms with E-state index in [0.717, 1.165) is 5.56 Å². The van der Waals surface area contributed by atoms with Crippen molar-refractivity contribution in [3.63, 3.8) is 0 Å². The highest BCUT2D eigenvalue weighted by atomic mass is 16.3. The molecule has 0 heterocycles. The summed E-state index contributed by atoms with van der Waals surface area (Å²) in [4.78, 5) is 2.52. The second-order valence-corrected chi connectivity index (χ2v) is 3.72. The summed E-state index contributed by atoms with van der Waals surface area (Å²) in [5.41, 5.74) is 10.1. The molecular formula is C11H15N3O3. The van der Waals surface area contributed by atoms with Gasteiger partial charge < -0.3 is 15.3 Å². The summed E-state index contributed by atoms with van der Waals surface area (Å²) in [6.45, 7) is 1.43. The molecule has 0 aliphatic rings. The van der Waals surface area contributed by atoms with E-state index in [1.807, 2.05) is 0 Å². The predicted molar refractivity (Wildman–Crippen MR) is 62.1 cm³/mol. The van der Waals surface area contributed by atoms with E-state index >= 15 is 0 Å². The van der Waals surface area contributed by atoms with Gasteiger partial charge in [0.1, 0.15) is 6.10 Å². The molecule has 0 aliphatic carbocycles. The number of rotatable bonds is 5. The van der Waals surface area contributed by atoms with E-state index < -0.39 is 12.2 Å². The van der Waals surface area contributed by atoms with Crippen molar-refractivity contribution in [2.24, 2.45) is 5.11 Å². The maximum Gasteiger partial charge on any atom is 0.105 e. The molecule has 1 rings (SSSR count). The lowest BCUT2D eigenvalue weighted by molar-refractivity contribution is 0.0239. The first-order chi connectivity index (χ1) is 8.11. The van der Waals surface area contributed by atoms with Gasteiger partial charge in [-0.3, -0.25) is 0 Å². The van der Waals surface area contributed by atoms with Crippen LogP contribution in [-0.2, 0) is 6.61 Å². The topological polar surface area (TPSA) is 109 Å². The van der Waals surface area contributed by atoms with E-state index in [1.165, 1.54) is 0 Å². The highest BCUT2D eigenvalue weighted by Crippen LogP contribution is 2.23. The highest BCUT2D eigenvalue weighted by molar-refractivity contribution is 5.35. The third kappa shape index (κ3) is 3.18. The lowest BCUT2D eigenvalue weighted by atomic mass is 9.96. The molecule has 0 radical (unpaired) electrons. The van der Waals surface area contributed by atoms with E-state index in [9.17, 15) is 10.2 Å². The summed E-state index contributed by atoms with van der Waals surface area (Å²) in [5.74, 6) is 0. The Hall–Kier alpha value is -1.59. The van der Waals surface area contributed by atoms with Gasteiger partial charge in [-0.1, -0.05) is 23.3 Å². The average molecular weight is 237 g/mol. The Morgan fingerprint density at radius 3 is 2.71 bits per heavy atom. The standard InChI is InChI=1S/C11H15N3O3/c1-7-8(6-15)3-2-4-9(7)11(17)10(16)5-13-14-12/h2-4,10-11,15-17H,5-6H2,1H3. The molecule has 2 atom stereocenters. The van der Waals surface area contributed by atoms with Crippen LogP contribution in [0.25, 0.3) is 10.4 Å². The molecule has 0 bridgehead atoms. The van der Waals surface area contributed by atoms with Crippen LogP contribution < -0.4 is 0 Å². The Morgan fingerprint density at radius 1 is 1.41 bits per heavy atom. The number of hydrogen-bond donors (Lipinski definition) is 3. The molecule has 92 valence electrons. The molecule has 1 aromatic carbocycles. The Balaban J connectivity index is 2.95. The van der Waals surface area contributed by atoms with Crippen LogP contribution in [-0.4, -0.2) is 28.0 Å². The third-order valence-corrected chi connectivity index (χ3v) is 2.67. The zero-order valence-corrected chi connectivity index (χ0v) is 9.48. The summed E-state index contributed by atoms with van der Waals surface area (Å²) in [6, 6.07) is 5.10. The number of benzene rings is 1. The van der Waals surface area contributed by atoms with Crippen molar-refractivity contribution in [3.8, 4) is 0 Å². The number of hydrogen-bond acceptors (Lipinski definition) is 4. The normalized spacial score (nSPS) is 13.9. The lowest BCUT2D eigenvalue weighted by Crippen LogP contribution is -2.22. The summed E-state index contributed by atoms with van der Waals surface area (Å²) in [7, 11) is 0. The highest BCUT2D eigenvalue weighted by Gasteiger charge is 2.20. The third-order valence-electron chi connectivity index (χ3n) is 2.67. The van der Waals surface area contributed by atoms with E-state index in [-0.39, 0.29) is 13.2 Å². The molecule has 0 saturated carbocycles. The molecule has 1 aromatic rings. The number of aliphatic hydroxyl groups is 3. The van der Waals surface area contributed by atoms with E-state index in [1.54, 1.807) is 25.1 Å². The molecule has 17 heavy (non-hydrogen) atoms. The average Bonchev–Trinajstić information content (AvgIpc) is 2.35. The fraction of sp³-hybridized carbons (Fsp3) is 0.455. The maximum absolute atomic E-state index is 9.90. The second kappa shape index (κ2) is 6.22. The summed E-state index contributed by atoms with van der Waals surface area (Å²) in [5, 5.41) is 31.8. The first kappa shape index (κ1) is 13.5. The van der Waals surface area contributed by atoms with Gasteiger partial charge in [-0.25, -0.2) is 0 Å². The lowest BCUT2D eigenvalue weighted by Gasteiger charge is -2.19. The van der Waals surface area contributed by atoms with Crippen LogP contribution in [0, 0.1) is 6.92 Å². The van der Waals surface area contributed by atoms with Gasteiger partial charge >= 0.3 is 0 Å². The minimum absolute atomic E-state index is 0.126. The Labute approximate surface area is 98.8 Å². The predicted octanol–water partition coefficient (Wildman–Crippen LogP) is 1.19.